The number of rotatable bonds is 2. The van der Waals surface area contributed by atoms with Crippen LogP contribution in [0.2, 0.25) is 0 Å². The summed E-state index contributed by atoms with van der Waals surface area (Å²) in [6.45, 7) is 0.869. The van der Waals surface area contributed by atoms with Crippen molar-refractivity contribution < 1.29 is 22.8 Å². The lowest BCUT2D eigenvalue weighted by molar-refractivity contribution is -0.105. The molecule has 2 amide bonds. The molecule has 2 aliphatic rings. The highest BCUT2D eigenvalue weighted by Crippen LogP contribution is 2.20. The Kier molecular flexibility index (Phi) is 3.82. The summed E-state index contributed by atoms with van der Waals surface area (Å²) in [5.74, 6) is -4.37. The number of amides is 2. The van der Waals surface area contributed by atoms with Gasteiger partial charge in [0, 0.05) is 24.4 Å². The van der Waals surface area contributed by atoms with Gasteiger partial charge in [0.25, 0.3) is 0 Å². The number of benzene rings is 1. The molecule has 3 rings (SSSR count). The molecule has 2 heterocycles. The maximum atomic E-state index is 13.2. The second-order valence-electron chi connectivity index (χ2n) is 4.97. The van der Waals surface area contributed by atoms with Gasteiger partial charge in [0.1, 0.15) is 5.70 Å². The average molecular weight is 327 g/mol. The highest BCUT2D eigenvalue weighted by Gasteiger charge is 2.30. The molecular weight excluding hydrogens is 315 g/mol. The molecule has 1 aromatic rings. The summed E-state index contributed by atoms with van der Waals surface area (Å²) in [6.07, 6.45) is 0.620. The van der Waals surface area contributed by atoms with Gasteiger partial charge in [0.15, 0.2) is 23.7 Å². The Morgan fingerprint density at radius 3 is 2.57 bits per heavy atom. The fraction of sp³-hybridized carbons (Fsp3) is 0.231. The van der Waals surface area contributed by atoms with Crippen molar-refractivity contribution in [3.05, 3.63) is 41.0 Å². The highest BCUT2D eigenvalue weighted by atomic mass is 19.2. The quantitative estimate of drug-likeness (QED) is 0.550. The molecular formula is C13H12F3N5O2. The largest absolute Gasteiger partial charge is 0.322 e. The van der Waals surface area contributed by atoms with Gasteiger partial charge in [-0.15, -0.1) is 5.53 Å². The van der Waals surface area contributed by atoms with Crippen molar-refractivity contribution in [1.29, 1.82) is 0 Å². The minimum Gasteiger partial charge on any atom is -0.317 e. The number of fused-ring (bicyclic) bond motifs is 1. The fourth-order valence-corrected chi connectivity index (χ4v) is 2.36. The zero-order valence-corrected chi connectivity index (χ0v) is 11.7. The van der Waals surface area contributed by atoms with E-state index in [4.69, 9.17) is 0 Å². The predicted octanol–water partition coefficient (Wildman–Crippen LogP) is 0.687. The van der Waals surface area contributed by atoms with Gasteiger partial charge >= 0.3 is 6.03 Å². The molecule has 7 nitrogen and oxygen atoms in total. The van der Waals surface area contributed by atoms with Gasteiger partial charge in [-0.1, -0.05) is 0 Å². The zero-order chi connectivity index (χ0) is 16.6. The van der Waals surface area contributed by atoms with Crippen LogP contribution in [0.3, 0.4) is 0 Å². The molecule has 0 aliphatic carbocycles. The molecule has 0 unspecified atom stereocenters. The maximum absolute atomic E-state index is 13.2. The lowest BCUT2D eigenvalue weighted by Crippen LogP contribution is -2.51. The zero-order valence-electron chi connectivity index (χ0n) is 11.7. The number of hydrogen-bond acceptors (Lipinski definition) is 5. The van der Waals surface area contributed by atoms with E-state index in [1.807, 2.05) is 0 Å². The summed E-state index contributed by atoms with van der Waals surface area (Å²) >= 11 is 0. The van der Waals surface area contributed by atoms with Crippen molar-refractivity contribution in [2.45, 2.75) is 0 Å². The summed E-state index contributed by atoms with van der Waals surface area (Å²) in [7, 11) is 0. The number of carbonyl (C=O) groups excluding carboxylic acids is 2. The van der Waals surface area contributed by atoms with Crippen LogP contribution in [0.25, 0.3) is 0 Å². The molecule has 0 aromatic heterocycles. The Morgan fingerprint density at radius 2 is 1.91 bits per heavy atom. The lowest BCUT2D eigenvalue weighted by Gasteiger charge is -2.34. The minimum atomic E-state index is -1.60. The maximum Gasteiger partial charge on any atom is 0.322 e. The first-order chi connectivity index (χ1) is 11.0. The molecule has 2 aliphatic heterocycles. The molecule has 0 atom stereocenters. The van der Waals surface area contributed by atoms with E-state index >= 15 is 0 Å². The van der Waals surface area contributed by atoms with Crippen molar-refractivity contribution in [1.82, 2.24) is 20.9 Å². The summed E-state index contributed by atoms with van der Waals surface area (Å²) in [6, 6.07) is 0.780. The van der Waals surface area contributed by atoms with Crippen LogP contribution in [-0.4, -0.2) is 41.9 Å². The second-order valence-corrected chi connectivity index (χ2v) is 4.97. The van der Waals surface area contributed by atoms with E-state index in [1.165, 1.54) is 4.90 Å². The number of halogens is 3. The third kappa shape index (κ3) is 2.80. The summed E-state index contributed by atoms with van der Waals surface area (Å²) in [5.41, 5.74) is 6.13. The third-order valence-electron chi connectivity index (χ3n) is 3.54. The van der Waals surface area contributed by atoms with Crippen molar-refractivity contribution in [2.75, 3.05) is 25.0 Å². The molecule has 1 aromatic carbocycles. The number of allylic oxidation sites excluding steroid dienone is 1. The van der Waals surface area contributed by atoms with Crippen LogP contribution in [-0.2, 0) is 4.79 Å². The van der Waals surface area contributed by atoms with E-state index in [2.05, 4.69) is 16.3 Å². The second kappa shape index (κ2) is 5.80. The minimum absolute atomic E-state index is 0.131. The number of hydrazine groups is 2. The van der Waals surface area contributed by atoms with Crippen LogP contribution < -0.4 is 16.3 Å². The first kappa shape index (κ1) is 15.2. The molecule has 23 heavy (non-hydrogen) atoms. The monoisotopic (exact) mass is 327 g/mol. The molecule has 0 spiro atoms. The van der Waals surface area contributed by atoms with E-state index in [0.717, 1.165) is 0 Å². The van der Waals surface area contributed by atoms with Crippen LogP contribution in [0, 0.1) is 17.5 Å². The topological polar surface area (TPSA) is 76.7 Å². The molecule has 10 heteroatoms. The smallest absolute Gasteiger partial charge is 0.317 e. The van der Waals surface area contributed by atoms with Gasteiger partial charge in [-0.25, -0.2) is 18.0 Å². The number of nitrogens with one attached hydrogen (secondary N) is 3. The Morgan fingerprint density at radius 1 is 1.22 bits per heavy atom. The normalized spacial score (nSPS) is 17.0. The molecule has 1 saturated heterocycles. The highest BCUT2D eigenvalue weighted by molar-refractivity contribution is 5.89. The number of piperazine rings is 1. The van der Waals surface area contributed by atoms with Crippen LogP contribution in [0.5, 0.6) is 0 Å². The third-order valence-corrected chi connectivity index (χ3v) is 3.54. The SMILES string of the molecule is O=CC1=C2CN(C(=O)Nc3cc(F)c(F)c(F)c3)CCN2NN1. The number of carbonyl (C=O) groups is 2. The van der Waals surface area contributed by atoms with Crippen LogP contribution in [0.1, 0.15) is 0 Å². The Hall–Kier alpha value is -2.75. The first-order valence-electron chi connectivity index (χ1n) is 6.67. The molecule has 0 bridgehead atoms. The average Bonchev–Trinajstić information content (AvgIpc) is 2.94. The number of aldehydes is 1. The van der Waals surface area contributed by atoms with Crippen LogP contribution in [0.4, 0.5) is 23.7 Å². The van der Waals surface area contributed by atoms with E-state index in [1.54, 1.807) is 5.01 Å². The molecule has 3 N–H and O–H groups in total. The van der Waals surface area contributed by atoms with Crippen molar-refractivity contribution in [3.8, 4) is 0 Å². The standard InChI is InChI=1S/C13H12F3N5O2/c14-8-3-7(4-9(15)12(8)16)17-13(23)20-1-2-21-11(5-20)10(6-22)18-19-21/h3-4,6,18-19H,1-2,5H2,(H,17,23). The fourth-order valence-electron chi connectivity index (χ4n) is 2.36. The summed E-state index contributed by atoms with van der Waals surface area (Å²) in [5, 5.41) is 3.99. The predicted molar refractivity (Wildman–Crippen MR) is 73.0 cm³/mol. The first-order valence-corrected chi connectivity index (χ1v) is 6.67. The molecule has 0 saturated carbocycles. The van der Waals surface area contributed by atoms with Gasteiger partial charge < -0.3 is 10.2 Å². The van der Waals surface area contributed by atoms with E-state index in [-0.39, 0.29) is 12.2 Å². The molecule has 0 radical (unpaired) electrons. The number of hydrogen-bond donors (Lipinski definition) is 3. The van der Waals surface area contributed by atoms with Crippen LogP contribution in [0.15, 0.2) is 23.5 Å². The lowest BCUT2D eigenvalue weighted by atomic mass is 10.2. The van der Waals surface area contributed by atoms with Crippen molar-refractivity contribution in [2.24, 2.45) is 0 Å². The van der Waals surface area contributed by atoms with Crippen molar-refractivity contribution >= 4 is 18.0 Å². The Bertz CT molecular complexity index is 686. The Labute approximate surface area is 128 Å². The van der Waals surface area contributed by atoms with Gasteiger partial charge in [0.2, 0.25) is 0 Å². The molecule has 1 fully saturated rings. The van der Waals surface area contributed by atoms with Gasteiger partial charge in [-0.3, -0.25) is 15.2 Å². The van der Waals surface area contributed by atoms with Crippen LogP contribution >= 0.6 is 0 Å². The number of urea groups is 1. The van der Waals surface area contributed by atoms with E-state index in [0.29, 0.717) is 42.9 Å². The number of nitrogens with zero attached hydrogens (tertiary/aromatic N) is 2. The van der Waals surface area contributed by atoms with Gasteiger partial charge in [-0.2, -0.15) is 0 Å². The van der Waals surface area contributed by atoms with Gasteiger partial charge in [0.05, 0.1) is 18.8 Å². The Balaban J connectivity index is 1.73. The van der Waals surface area contributed by atoms with E-state index in [9.17, 15) is 22.8 Å². The molecule has 122 valence electrons. The van der Waals surface area contributed by atoms with Crippen molar-refractivity contribution in [3.63, 3.8) is 0 Å². The van der Waals surface area contributed by atoms with E-state index < -0.39 is 23.5 Å². The summed E-state index contributed by atoms with van der Waals surface area (Å²) in [4.78, 5) is 24.4. The summed E-state index contributed by atoms with van der Waals surface area (Å²) < 4.78 is 39.2. The van der Waals surface area contributed by atoms with Gasteiger partial charge in [-0.05, 0) is 0 Å². The number of anilines is 1.